The number of carbonyl (C=O) groups excluding carboxylic acids is 2. The van der Waals surface area contributed by atoms with E-state index in [1.54, 1.807) is 12.4 Å². The molecule has 2 saturated heterocycles. The van der Waals surface area contributed by atoms with Crippen molar-refractivity contribution in [2.45, 2.75) is 84.8 Å². The molecule has 0 aliphatic carbocycles. The van der Waals surface area contributed by atoms with Crippen LogP contribution in [-0.4, -0.2) is 86.7 Å². The Balaban J connectivity index is 0.000000362. The molecule has 0 bridgehead atoms. The number of nitrogens with zero attached hydrogens (tertiary/aromatic N) is 3. The summed E-state index contributed by atoms with van der Waals surface area (Å²) in [4.78, 5) is 33.1. The summed E-state index contributed by atoms with van der Waals surface area (Å²) in [6.45, 7) is 17.6. The minimum atomic E-state index is -0.197. The standard InChI is InChI=1S/C16H24N2O3.C10H12BrNO2.C6H13NO.CH4/c1-12(7-15(19)20-4)13-8-14(10-17-9-13)18-5-6-21-16(2,3)11-18;1-7(3-10(13)14-2)8-4-9(11)6-12-5-8;1-6(2)5-7-3-4-8-6;/h8-10,12H,5-7,11H2,1-4H3;4-7H,3H2,1-2H3;7H,3-5H2,1-2H3;1H4/t12-;7-;;/m00../s1. The van der Waals surface area contributed by atoms with Gasteiger partial charge < -0.3 is 29.2 Å². The highest BCUT2D eigenvalue weighted by molar-refractivity contribution is 9.10. The van der Waals surface area contributed by atoms with Crippen LogP contribution in [0.2, 0.25) is 0 Å². The molecule has 10 nitrogen and oxygen atoms in total. The minimum Gasteiger partial charge on any atom is -0.469 e. The molecule has 2 aromatic heterocycles. The number of ether oxygens (including phenoxy) is 4. The predicted molar refractivity (Wildman–Crippen MR) is 178 cm³/mol. The minimum absolute atomic E-state index is 0. The average Bonchev–Trinajstić information content (AvgIpc) is 2.97. The first-order chi connectivity index (χ1) is 20.2. The average molecular weight is 682 g/mol. The summed E-state index contributed by atoms with van der Waals surface area (Å²) in [5.41, 5.74) is 3.09. The van der Waals surface area contributed by atoms with Crippen molar-refractivity contribution in [2.24, 2.45) is 0 Å². The summed E-state index contributed by atoms with van der Waals surface area (Å²) in [5, 5.41) is 3.25. The number of carbonyl (C=O) groups is 2. The quantitative estimate of drug-likeness (QED) is 0.355. The Labute approximate surface area is 272 Å². The second-order valence-corrected chi connectivity index (χ2v) is 13.0. The van der Waals surface area contributed by atoms with Gasteiger partial charge in [0.1, 0.15) is 0 Å². The maximum atomic E-state index is 11.4. The molecule has 2 aliphatic rings. The lowest BCUT2D eigenvalue weighted by Crippen LogP contribution is -2.48. The molecule has 4 heterocycles. The summed E-state index contributed by atoms with van der Waals surface area (Å²) in [6, 6.07) is 4.07. The summed E-state index contributed by atoms with van der Waals surface area (Å²) >= 11 is 3.34. The molecule has 2 fully saturated rings. The molecule has 248 valence electrons. The van der Waals surface area contributed by atoms with Crippen LogP contribution in [-0.2, 0) is 28.5 Å². The van der Waals surface area contributed by atoms with Crippen molar-refractivity contribution in [1.29, 1.82) is 0 Å². The van der Waals surface area contributed by atoms with E-state index in [9.17, 15) is 9.59 Å². The zero-order valence-electron chi connectivity index (χ0n) is 26.9. The topological polar surface area (TPSA) is 112 Å². The molecule has 2 atom stereocenters. The number of rotatable bonds is 7. The Morgan fingerprint density at radius 2 is 1.45 bits per heavy atom. The predicted octanol–water partition coefficient (Wildman–Crippen LogP) is 5.90. The fraction of sp³-hybridized carbons (Fsp3) is 0.636. The normalized spacial score (nSPS) is 18.1. The van der Waals surface area contributed by atoms with Gasteiger partial charge in [-0.15, -0.1) is 0 Å². The Kier molecular flexibility index (Phi) is 17.1. The van der Waals surface area contributed by atoms with Crippen LogP contribution in [0.15, 0.2) is 41.4 Å². The van der Waals surface area contributed by atoms with Gasteiger partial charge in [-0.25, -0.2) is 0 Å². The van der Waals surface area contributed by atoms with Gasteiger partial charge in [0.25, 0.3) is 0 Å². The van der Waals surface area contributed by atoms with E-state index >= 15 is 0 Å². The molecule has 0 radical (unpaired) electrons. The van der Waals surface area contributed by atoms with E-state index in [4.69, 9.17) is 14.2 Å². The van der Waals surface area contributed by atoms with Crippen molar-refractivity contribution in [3.8, 4) is 0 Å². The molecule has 44 heavy (non-hydrogen) atoms. The number of morpholine rings is 2. The number of pyridine rings is 2. The number of nitrogens with one attached hydrogen (secondary N) is 1. The van der Waals surface area contributed by atoms with Gasteiger partial charge in [0.05, 0.1) is 63.4 Å². The van der Waals surface area contributed by atoms with Gasteiger partial charge in [-0.1, -0.05) is 21.3 Å². The van der Waals surface area contributed by atoms with Gasteiger partial charge >= 0.3 is 11.9 Å². The van der Waals surface area contributed by atoms with Crippen molar-refractivity contribution >= 4 is 33.6 Å². The van der Waals surface area contributed by atoms with Crippen molar-refractivity contribution in [2.75, 3.05) is 58.5 Å². The van der Waals surface area contributed by atoms with Crippen LogP contribution in [0.1, 0.15) is 84.8 Å². The Hall–Kier alpha value is -2.60. The third kappa shape index (κ3) is 14.5. The van der Waals surface area contributed by atoms with Crippen molar-refractivity contribution in [3.05, 3.63) is 52.5 Å². The van der Waals surface area contributed by atoms with E-state index in [1.807, 2.05) is 32.3 Å². The molecule has 4 rings (SSSR count). The molecule has 2 aliphatic heterocycles. The molecule has 2 aromatic rings. The van der Waals surface area contributed by atoms with E-state index < -0.39 is 0 Å². The maximum absolute atomic E-state index is 11.4. The molecule has 0 spiro atoms. The van der Waals surface area contributed by atoms with Crippen LogP contribution in [0.4, 0.5) is 5.69 Å². The number of methoxy groups -OCH3 is 2. The second kappa shape index (κ2) is 19.0. The highest BCUT2D eigenvalue weighted by Crippen LogP contribution is 2.27. The monoisotopic (exact) mass is 680 g/mol. The van der Waals surface area contributed by atoms with Crippen LogP contribution in [0.25, 0.3) is 0 Å². The fourth-order valence-corrected chi connectivity index (χ4v) is 4.95. The molecular formula is C33H53BrN4O6. The molecule has 0 amide bonds. The van der Waals surface area contributed by atoms with Gasteiger partial charge in [0.2, 0.25) is 0 Å². The SMILES string of the molecule is C.CC1(C)CNCCO1.COC(=O)C[C@H](C)c1cncc(Br)c1.COC(=O)C[C@H](C)c1cncc(N2CCOC(C)(C)C2)c1. The first kappa shape index (κ1) is 39.4. The molecule has 1 N–H and O–H groups in total. The maximum Gasteiger partial charge on any atom is 0.306 e. The first-order valence-corrected chi connectivity index (χ1v) is 15.5. The Bertz CT molecular complexity index is 1150. The van der Waals surface area contributed by atoms with Crippen LogP contribution < -0.4 is 10.2 Å². The second-order valence-electron chi connectivity index (χ2n) is 12.1. The molecule has 11 heteroatoms. The van der Waals surface area contributed by atoms with Crippen LogP contribution in [0.5, 0.6) is 0 Å². The van der Waals surface area contributed by atoms with E-state index in [0.717, 1.165) is 60.7 Å². The third-order valence-electron chi connectivity index (χ3n) is 7.12. The number of hydrogen-bond acceptors (Lipinski definition) is 10. The van der Waals surface area contributed by atoms with Crippen molar-refractivity contribution in [3.63, 3.8) is 0 Å². The zero-order valence-corrected chi connectivity index (χ0v) is 28.5. The van der Waals surface area contributed by atoms with Gasteiger partial charge in [-0.05, 0) is 78.7 Å². The Morgan fingerprint density at radius 1 is 0.909 bits per heavy atom. The summed E-state index contributed by atoms with van der Waals surface area (Å²) < 4.78 is 21.4. The van der Waals surface area contributed by atoms with Crippen molar-refractivity contribution < 1.29 is 28.5 Å². The number of hydrogen-bond donors (Lipinski definition) is 1. The summed E-state index contributed by atoms with van der Waals surface area (Å²) in [7, 11) is 2.81. The number of esters is 2. The first-order valence-electron chi connectivity index (χ1n) is 14.7. The van der Waals surface area contributed by atoms with Crippen LogP contribution in [0, 0.1) is 0 Å². The van der Waals surface area contributed by atoms with Crippen LogP contribution in [0.3, 0.4) is 0 Å². The van der Waals surface area contributed by atoms with Crippen molar-refractivity contribution in [1.82, 2.24) is 15.3 Å². The largest absolute Gasteiger partial charge is 0.469 e. The molecule has 0 saturated carbocycles. The number of anilines is 1. The molecular weight excluding hydrogens is 628 g/mol. The van der Waals surface area contributed by atoms with Crippen LogP contribution >= 0.6 is 15.9 Å². The number of halogens is 1. The smallest absolute Gasteiger partial charge is 0.306 e. The van der Waals surface area contributed by atoms with E-state index in [2.05, 4.69) is 74.6 Å². The third-order valence-corrected chi connectivity index (χ3v) is 7.56. The van der Waals surface area contributed by atoms with Gasteiger partial charge in [-0.3, -0.25) is 19.6 Å². The lowest BCUT2D eigenvalue weighted by Gasteiger charge is -2.39. The lowest BCUT2D eigenvalue weighted by atomic mass is 9.99. The highest BCUT2D eigenvalue weighted by Gasteiger charge is 2.28. The molecule has 0 unspecified atom stereocenters. The van der Waals surface area contributed by atoms with E-state index in [1.165, 1.54) is 14.2 Å². The van der Waals surface area contributed by atoms with E-state index in [-0.39, 0.29) is 42.4 Å². The van der Waals surface area contributed by atoms with Gasteiger partial charge in [0, 0.05) is 49.2 Å². The molecule has 0 aromatic carbocycles. The number of aromatic nitrogens is 2. The summed E-state index contributed by atoms with van der Waals surface area (Å²) in [6.07, 6.45) is 7.93. The lowest BCUT2D eigenvalue weighted by molar-refractivity contribution is -0.141. The van der Waals surface area contributed by atoms with Gasteiger partial charge in [-0.2, -0.15) is 0 Å². The Morgan fingerprint density at radius 3 is 1.91 bits per heavy atom. The fourth-order valence-electron chi connectivity index (χ4n) is 4.56. The van der Waals surface area contributed by atoms with Gasteiger partial charge in [0.15, 0.2) is 0 Å². The zero-order chi connectivity index (χ0) is 32.0. The van der Waals surface area contributed by atoms with E-state index in [0.29, 0.717) is 12.8 Å². The summed E-state index contributed by atoms with van der Waals surface area (Å²) in [5.74, 6) is -0.163. The highest BCUT2D eigenvalue weighted by atomic mass is 79.9.